The molecule has 0 saturated carbocycles. The molecule has 0 aromatic carbocycles. The van der Waals surface area contributed by atoms with Crippen LogP contribution in [0.25, 0.3) is 0 Å². The van der Waals surface area contributed by atoms with Gasteiger partial charge in [-0.15, -0.1) is 0 Å². The van der Waals surface area contributed by atoms with Crippen LogP contribution >= 0.6 is 6.72 Å². The van der Waals surface area contributed by atoms with E-state index in [0.717, 1.165) is 0 Å². The van der Waals surface area contributed by atoms with Crippen molar-refractivity contribution in [3.8, 4) is 0 Å². The molecule has 0 rings (SSSR count). The van der Waals surface area contributed by atoms with E-state index >= 15 is 0 Å². The summed E-state index contributed by atoms with van der Waals surface area (Å²) < 4.78 is 4.77. The van der Waals surface area contributed by atoms with E-state index in [4.69, 9.17) is 3.18 Å². The second-order valence-corrected chi connectivity index (χ2v) is 10.5. The third-order valence-electron chi connectivity index (χ3n) is 1.34. The van der Waals surface area contributed by atoms with Crippen molar-refractivity contribution < 1.29 is 33.2 Å². The van der Waals surface area contributed by atoms with Crippen LogP contribution in [0.3, 0.4) is 0 Å². The zero-order valence-corrected chi connectivity index (χ0v) is 11.4. The van der Waals surface area contributed by atoms with Crippen molar-refractivity contribution in [2.45, 2.75) is 38.2 Å². The monoisotopic (exact) mass is 297 g/mol. The second-order valence-electron chi connectivity index (χ2n) is 3.01. The predicted octanol–water partition coefficient (Wildman–Crippen LogP) is 1.56. The summed E-state index contributed by atoms with van der Waals surface area (Å²) in [4.78, 5) is 19.2. The molecule has 12 heavy (non-hydrogen) atoms. The van der Waals surface area contributed by atoms with Crippen LogP contribution in [0.15, 0.2) is 0 Å². The zero-order valence-electron chi connectivity index (χ0n) is 7.72. The van der Waals surface area contributed by atoms with Crippen molar-refractivity contribution in [2.24, 2.45) is 0 Å². The van der Waals surface area contributed by atoms with Crippen molar-refractivity contribution in [1.29, 1.82) is 0 Å². The Balaban J connectivity index is 5.07. The van der Waals surface area contributed by atoms with Gasteiger partial charge < -0.3 is 0 Å². The molecule has 0 aliphatic heterocycles. The van der Waals surface area contributed by atoms with Crippen molar-refractivity contribution in [2.75, 3.05) is 0 Å². The third-order valence-corrected chi connectivity index (χ3v) is 10.7. The maximum atomic E-state index is 9.58. The van der Waals surface area contributed by atoms with Crippen LogP contribution in [0.1, 0.15) is 27.7 Å². The first-order valence-corrected chi connectivity index (χ1v) is 8.10. The molecule has 2 N–H and O–H groups in total. The van der Waals surface area contributed by atoms with E-state index < -0.39 is 16.8 Å². The summed E-state index contributed by atoms with van der Waals surface area (Å²) in [6.07, 6.45) is 0. The fourth-order valence-corrected chi connectivity index (χ4v) is 8.45. The molecule has 0 amide bonds. The second kappa shape index (κ2) is 5.28. The summed E-state index contributed by atoms with van der Waals surface area (Å²) in [5.74, 6) is 0. The van der Waals surface area contributed by atoms with E-state index in [1.165, 1.54) is 20.2 Å². The number of hydrogen-bond acceptors (Lipinski definition) is 1. The SMILES string of the molecule is CC(C)S(C(C)C)=P(O)(O)[O][Mo]. The van der Waals surface area contributed by atoms with Crippen LogP contribution < -0.4 is 0 Å². The molecule has 0 aromatic heterocycles. The molecule has 0 bridgehead atoms. The van der Waals surface area contributed by atoms with Gasteiger partial charge in [-0.25, -0.2) is 0 Å². The predicted molar refractivity (Wildman–Crippen MR) is 50.1 cm³/mol. The molecule has 3 nitrogen and oxygen atoms in total. The van der Waals surface area contributed by atoms with Gasteiger partial charge in [-0.3, -0.25) is 0 Å². The van der Waals surface area contributed by atoms with Gasteiger partial charge in [0, 0.05) is 0 Å². The van der Waals surface area contributed by atoms with Crippen molar-refractivity contribution in [3.05, 3.63) is 0 Å². The summed E-state index contributed by atoms with van der Waals surface area (Å²) >= 11 is 1.29. The van der Waals surface area contributed by atoms with Crippen LogP contribution in [0.2, 0.25) is 0 Å². The summed E-state index contributed by atoms with van der Waals surface area (Å²) in [6, 6.07) is 0. The van der Waals surface area contributed by atoms with Crippen LogP contribution in [0, 0.1) is 0 Å². The van der Waals surface area contributed by atoms with E-state index in [0.29, 0.717) is 0 Å². The molecule has 0 heterocycles. The molecule has 0 unspecified atom stereocenters. The molecule has 0 saturated heterocycles. The first-order chi connectivity index (χ1) is 5.33. The summed E-state index contributed by atoms with van der Waals surface area (Å²) in [5, 5.41) is 0.519. The molecule has 0 aromatic rings. The first-order valence-electron chi connectivity index (χ1n) is 3.71. The quantitative estimate of drug-likeness (QED) is 0.614. The van der Waals surface area contributed by atoms with Crippen molar-refractivity contribution in [1.82, 2.24) is 0 Å². The van der Waals surface area contributed by atoms with Crippen LogP contribution in [0.5, 0.6) is 0 Å². The van der Waals surface area contributed by atoms with Gasteiger partial charge in [0.05, 0.1) is 0 Å². The van der Waals surface area contributed by atoms with Gasteiger partial charge in [-0.1, -0.05) is 0 Å². The summed E-state index contributed by atoms with van der Waals surface area (Å²) in [6.45, 7) is 4.85. The van der Waals surface area contributed by atoms with E-state index in [1.807, 2.05) is 27.7 Å². The summed E-state index contributed by atoms with van der Waals surface area (Å²) in [7, 11) is -0.436. The Morgan fingerprint density at radius 3 is 1.58 bits per heavy atom. The molecule has 75 valence electrons. The minimum absolute atomic E-state index is 0.259. The Morgan fingerprint density at radius 2 is 1.50 bits per heavy atom. The average molecular weight is 295 g/mol. The van der Waals surface area contributed by atoms with Crippen molar-refractivity contribution >= 4 is 16.8 Å². The molecular formula is C6H16MoO3PS. The van der Waals surface area contributed by atoms with Gasteiger partial charge in [-0.2, -0.15) is 0 Å². The molecule has 0 spiro atoms. The molecule has 0 atom stereocenters. The maximum absolute atomic E-state index is 9.58. The van der Waals surface area contributed by atoms with Crippen molar-refractivity contribution in [3.63, 3.8) is 0 Å². The van der Waals surface area contributed by atoms with Crippen LogP contribution in [0.4, 0.5) is 0 Å². The minimum atomic E-state index is -3.11. The van der Waals surface area contributed by atoms with Gasteiger partial charge in [0.25, 0.3) is 0 Å². The fourth-order valence-electron chi connectivity index (χ4n) is 1.13. The fraction of sp³-hybridized carbons (Fsp3) is 1.00. The Kier molecular flexibility index (Phi) is 5.88. The molecule has 0 aliphatic rings. The number of hydrogen-bond donors (Lipinski definition) is 2. The molecule has 0 radical (unpaired) electrons. The van der Waals surface area contributed by atoms with Crippen LogP contribution in [-0.2, 0) is 33.4 Å². The van der Waals surface area contributed by atoms with E-state index in [2.05, 4.69) is 0 Å². The Bertz CT molecular complexity index is 189. The van der Waals surface area contributed by atoms with Gasteiger partial charge in [0.1, 0.15) is 0 Å². The summed E-state index contributed by atoms with van der Waals surface area (Å²) in [5.41, 5.74) is 0. The van der Waals surface area contributed by atoms with Gasteiger partial charge in [0.2, 0.25) is 0 Å². The van der Waals surface area contributed by atoms with Gasteiger partial charge in [0.15, 0.2) is 0 Å². The van der Waals surface area contributed by atoms with E-state index in [1.54, 1.807) is 0 Å². The zero-order chi connectivity index (χ0) is 9.94. The first kappa shape index (κ1) is 13.3. The Hall–Kier alpha value is 1.35. The molecule has 0 fully saturated rings. The van der Waals surface area contributed by atoms with Crippen LogP contribution in [-0.4, -0.2) is 20.3 Å². The van der Waals surface area contributed by atoms with E-state index in [9.17, 15) is 9.79 Å². The Morgan fingerprint density at radius 1 is 1.17 bits per heavy atom. The standard InChI is InChI=1S/C6H16O3PS.Mo/c1-5(2)11(6(3)4)10(7,8)9;/h5-6H,1-4H3,(H2-,7,8,9);/q-1;+1. The van der Waals surface area contributed by atoms with Gasteiger partial charge in [-0.05, 0) is 0 Å². The number of rotatable bonds is 3. The Labute approximate surface area is 88.1 Å². The normalized spacial score (nSPS) is 13.4. The average Bonchev–Trinajstić information content (AvgIpc) is 1.84. The van der Waals surface area contributed by atoms with E-state index in [-0.39, 0.29) is 10.5 Å². The topological polar surface area (TPSA) is 49.7 Å². The van der Waals surface area contributed by atoms with Gasteiger partial charge >= 0.3 is 88.1 Å². The third kappa shape index (κ3) is 3.61. The molecule has 0 aliphatic carbocycles. The molecular weight excluding hydrogens is 279 g/mol. The molecule has 6 heteroatoms.